The topological polar surface area (TPSA) is 35.5 Å². The van der Waals surface area contributed by atoms with Crippen molar-refractivity contribution in [3.05, 3.63) is 28.2 Å². The molecule has 1 rings (SSSR count). The summed E-state index contributed by atoms with van der Waals surface area (Å²) in [7, 11) is 3.95. The third-order valence-electron chi connectivity index (χ3n) is 3.57. The molecule has 0 bridgehead atoms. The highest BCUT2D eigenvalue weighted by Gasteiger charge is 2.23. The third-order valence-corrected chi connectivity index (χ3v) is 4.25. The number of nitrogens with one attached hydrogen (secondary N) is 1. The molecule has 102 valence electrons. The van der Waals surface area contributed by atoms with Crippen LogP contribution in [0, 0.1) is 0 Å². The first-order chi connectivity index (χ1) is 8.33. The number of benzene rings is 1. The van der Waals surface area contributed by atoms with Crippen LogP contribution in [0.4, 0.5) is 5.69 Å². The van der Waals surface area contributed by atoms with Gasteiger partial charge in [0.2, 0.25) is 0 Å². The fraction of sp³-hybridized carbons (Fsp3) is 0.571. The number of rotatable bonds is 5. The molecule has 0 spiro atoms. The average Bonchev–Trinajstić information content (AvgIpc) is 2.36. The van der Waals surface area contributed by atoms with Crippen molar-refractivity contribution in [2.24, 2.45) is 0 Å². The predicted molar refractivity (Wildman–Crippen MR) is 81.2 cm³/mol. The highest BCUT2D eigenvalue weighted by Crippen LogP contribution is 2.30. The first kappa shape index (κ1) is 15.5. The summed E-state index contributed by atoms with van der Waals surface area (Å²) in [6, 6.07) is 6.61. The van der Waals surface area contributed by atoms with Gasteiger partial charge in [-0.3, -0.25) is 0 Å². The van der Waals surface area contributed by atoms with Gasteiger partial charge in [0.25, 0.3) is 0 Å². The molecule has 0 aliphatic rings. The van der Waals surface area contributed by atoms with E-state index in [9.17, 15) is 5.11 Å². The first-order valence-electron chi connectivity index (χ1n) is 6.15. The van der Waals surface area contributed by atoms with E-state index in [1.807, 2.05) is 27.9 Å². The maximum absolute atomic E-state index is 9.41. The van der Waals surface area contributed by atoms with Crippen LogP contribution in [0.15, 0.2) is 22.7 Å². The van der Waals surface area contributed by atoms with Crippen molar-refractivity contribution in [2.75, 3.05) is 25.6 Å². The Morgan fingerprint density at radius 1 is 1.44 bits per heavy atom. The van der Waals surface area contributed by atoms with Crippen LogP contribution in [-0.4, -0.2) is 31.3 Å². The Bertz CT molecular complexity index is 407. The number of halogens is 1. The Morgan fingerprint density at radius 3 is 2.50 bits per heavy atom. The molecule has 2 N–H and O–H groups in total. The highest BCUT2D eigenvalue weighted by atomic mass is 79.9. The normalized spacial score (nSPS) is 13.5. The van der Waals surface area contributed by atoms with E-state index in [1.165, 1.54) is 5.56 Å². The molecule has 1 aromatic rings. The molecule has 3 nitrogen and oxygen atoms in total. The smallest absolute Gasteiger partial charge is 0.0658 e. The molecule has 4 heteroatoms. The molecular formula is C14H23BrN2O. The second kappa shape index (κ2) is 6.04. The Balaban J connectivity index is 3.04. The molecule has 18 heavy (non-hydrogen) atoms. The Morgan fingerprint density at radius 2 is 2.06 bits per heavy atom. The lowest BCUT2D eigenvalue weighted by Crippen LogP contribution is -2.44. The molecule has 0 radical (unpaired) electrons. The number of anilines is 1. The lowest BCUT2D eigenvalue weighted by atomic mass is 10.0. The van der Waals surface area contributed by atoms with Crippen molar-refractivity contribution in [1.82, 2.24) is 5.32 Å². The van der Waals surface area contributed by atoms with E-state index in [2.05, 4.69) is 51.3 Å². The molecule has 1 unspecified atom stereocenters. The van der Waals surface area contributed by atoms with Gasteiger partial charge in [0.15, 0.2) is 0 Å². The lowest BCUT2D eigenvalue weighted by molar-refractivity contribution is 0.216. The van der Waals surface area contributed by atoms with Crippen molar-refractivity contribution in [3.8, 4) is 0 Å². The lowest BCUT2D eigenvalue weighted by Gasteiger charge is -2.36. The van der Waals surface area contributed by atoms with E-state index in [1.54, 1.807) is 0 Å². The van der Waals surface area contributed by atoms with Crippen LogP contribution >= 0.6 is 15.9 Å². The average molecular weight is 315 g/mol. The predicted octanol–water partition coefficient (Wildman–Crippen LogP) is 2.94. The molecule has 0 saturated heterocycles. The number of aliphatic hydroxyl groups is 1. The second-order valence-electron chi connectivity index (χ2n) is 5.25. The van der Waals surface area contributed by atoms with Crippen molar-refractivity contribution in [3.63, 3.8) is 0 Å². The minimum absolute atomic E-state index is 0.121. The fourth-order valence-corrected chi connectivity index (χ4v) is 2.40. The van der Waals surface area contributed by atoms with Gasteiger partial charge in [0, 0.05) is 23.2 Å². The van der Waals surface area contributed by atoms with Gasteiger partial charge in [-0.1, -0.05) is 22.0 Å². The standard InChI is InChI=1S/C14H23BrN2O/c1-10(16-4)12-7-6-11(8-13(12)15)17(5)14(2,3)9-18/h6-8,10,16,18H,9H2,1-5H3. The zero-order chi connectivity index (χ0) is 13.9. The van der Waals surface area contributed by atoms with Crippen LogP contribution in [0.2, 0.25) is 0 Å². The van der Waals surface area contributed by atoms with Crippen LogP contribution in [0.5, 0.6) is 0 Å². The Kier molecular flexibility index (Phi) is 5.20. The fourth-order valence-electron chi connectivity index (χ4n) is 1.69. The first-order valence-corrected chi connectivity index (χ1v) is 6.94. The quantitative estimate of drug-likeness (QED) is 0.877. The number of nitrogens with zero attached hydrogens (tertiary/aromatic N) is 1. The molecule has 0 aromatic heterocycles. The summed E-state index contributed by atoms with van der Waals surface area (Å²) < 4.78 is 1.09. The number of likely N-dealkylation sites (N-methyl/N-ethyl adjacent to an activating group) is 1. The van der Waals surface area contributed by atoms with Gasteiger partial charge in [-0.15, -0.1) is 0 Å². The molecule has 0 fully saturated rings. The zero-order valence-electron chi connectivity index (χ0n) is 11.8. The van der Waals surface area contributed by atoms with E-state index < -0.39 is 0 Å². The molecule has 1 atom stereocenters. The molecular weight excluding hydrogens is 292 g/mol. The largest absolute Gasteiger partial charge is 0.394 e. The van der Waals surface area contributed by atoms with Crippen molar-refractivity contribution in [1.29, 1.82) is 0 Å². The summed E-state index contributed by atoms with van der Waals surface area (Å²) in [5.41, 5.74) is 2.06. The van der Waals surface area contributed by atoms with Gasteiger partial charge in [-0.25, -0.2) is 0 Å². The summed E-state index contributed by atoms with van der Waals surface area (Å²) >= 11 is 3.62. The second-order valence-corrected chi connectivity index (χ2v) is 6.10. The summed E-state index contributed by atoms with van der Waals surface area (Å²) in [5, 5.41) is 12.6. The van der Waals surface area contributed by atoms with E-state index in [4.69, 9.17) is 0 Å². The van der Waals surface area contributed by atoms with Gasteiger partial charge in [0.05, 0.1) is 12.1 Å². The Hall–Kier alpha value is -0.580. The van der Waals surface area contributed by atoms with E-state index in [0.29, 0.717) is 6.04 Å². The molecule has 0 amide bonds. The minimum atomic E-state index is -0.268. The molecule has 0 aliphatic heterocycles. The van der Waals surface area contributed by atoms with Crippen LogP contribution in [0.1, 0.15) is 32.4 Å². The zero-order valence-corrected chi connectivity index (χ0v) is 13.4. The van der Waals surface area contributed by atoms with Gasteiger partial charge in [-0.05, 0) is 45.5 Å². The molecule has 0 heterocycles. The maximum Gasteiger partial charge on any atom is 0.0658 e. The van der Waals surface area contributed by atoms with E-state index in [-0.39, 0.29) is 12.1 Å². The van der Waals surface area contributed by atoms with Crippen LogP contribution in [0.25, 0.3) is 0 Å². The Labute approximate surface area is 118 Å². The van der Waals surface area contributed by atoms with Crippen LogP contribution in [0.3, 0.4) is 0 Å². The summed E-state index contributed by atoms with van der Waals surface area (Å²) in [6.07, 6.45) is 0. The van der Waals surface area contributed by atoms with Crippen molar-refractivity contribution in [2.45, 2.75) is 32.4 Å². The van der Waals surface area contributed by atoms with Gasteiger partial charge >= 0.3 is 0 Å². The molecule has 1 aromatic carbocycles. The number of hydrogen-bond donors (Lipinski definition) is 2. The van der Waals surface area contributed by atoms with Crippen molar-refractivity contribution >= 4 is 21.6 Å². The van der Waals surface area contributed by atoms with Gasteiger partial charge in [0.1, 0.15) is 0 Å². The highest BCUT2D eigenvalue weighted by molar-refractivity contribution is 9.10. The summed E-state index contributed by atoms with van der Waals surface area (Å²) in [4.78, 5) is 2.09. The minimum Gasteiger partial charge on any atom is -0.394 e. The molecule has 0 saturated carbocycles. The molecule has 0 aliphatic carbocycles. The van der Waals surface area contributed by atoms with Gasteiger partial charge in [-0.2, -0.15) is 0 Å². The monoisotopic (exact) mass is 314 g/mol. The SMILES string of the molecule is CNC(C)c1ccc(N(C)C(C)(C)CO)cc1Br. The maximum atomic E-state index is 9.41. The number of aliphatic hydroxyl groups excluding tert-OH is 1. The summed E-state index contributed by atoms with van der Waals surface area (Å²) in [5.74, 6) is 0. The van der Waals surface area contributed by atoms with E-state index in [0.717, 1.165) is 10.2 Å². The third kappa shape index (κ3) is 3.25. The number of hydrogen-bond acceptors (Lipinski definition) is 3. The van der Waals surface area contributed by atoms with Gasteiger partial charge < -0.3 is 15.3 Å². The summed E-state index contributed by atoms with van der Waals surface area (Å²) in [6.45, 7) is 6.28. The van der Waals surface area contributed by atoms with Crippen LogP contribution in [-0.2, 0) is 0 Å². The van der Waals surface area contributed by atoms with Crippen molar-refractivity contribution < 1.29 is 5.11 Å². The van der Waals surface area contributed by atoms with E-state index >= 15 is 0 Å². The van der Waals surface area contributed by atoms with Crippen LogP contribution < -0.4 is 10.2 Å².